The third-order valence-corrected chi connectivity index (χ3v) is 5.86. The van der Waals surface area contributed by atoms with Crippen LogP contribution in [-0.2, 0) is 6.54 Å². The molecule has 1 fully saturated rings. The first kappa shape index (κ1) is 22.8. The molecule has 1 saturated carbocycles. The number of carbonyl (C=O) groups is 1. The molecule has 176 valence electrons. The highest BCUT2D eigenvalue weighted by Gasteiger charge is 2.35. The van der Waals surface area contributed by atoms with Crippen LogP contribution in [0.3, 0.4) is 0 Å². The first-order valence-electron chi connectivity index (χ1n) is 10.8. The number of amides is 1. The van der Waals surface area contributed by atoms with Gasteiger partial charge in [0.1, 0.15) is 12.4 Å². The highest BCUT2D eigenvalue weighted by atomic mass is 19.3. The number of aromatic nitrogens is 3. The molecule has 4 rings (SSSR count). The van der Waals surface area contributed by atoms with Crippen LogP contribution in [0.4, 0.5) is 30.5 Å². The van der Waals surface area contributed by atoms with Crippen LogP contribution in [0.15, 0.2) is 30.5 Å². The number of nitrogens with two attached hydrogens (primary N) is 2. The van der Waals surface area contributed by atoms with Crippen molar-refractivity contribution in [2.24, 2.45) is 17.4 Å². The molecule has 2 aromatic heterocycles. The Labute approximate surface area is 188 Å². The van der Waals surface area contributed by atoms with Crippen molar-refractivity contribution in [1.82, 2.24) is 14.8 Å². The van der Waals surface area contributed by atoms with Crippen LogP contribution < -0.4 is 22.1 Å². The molecule has 11 heteroatoms. The van der Waals surface area contributed by atoms with Gasteiger partial charge in [0.15, 0.2) is 11.6 Å². The van der Waals surface area contributed by atoms with E-state index in [0.717, 1.165) is 18.9 Å². The van der Waals surface area contributed by atoms with Gasteiger partial charge in [0.05, 0.1) is 23.0 Å². The van der Waals surface area contributed by atoms with E-state index in [9.17, 15) is 18.0 Å². The Hall–Kier alpha value is -3.34. The molecule has 2 atom stereocenters. The van der Waals surface area contributed by atoms with Crippen molar-refractivity contribution in [3.8, 4) is 0 Å². The van der Waals surface area contributed by atoms with Gasteiger partial charge in [-0.1, -0.05) is 13.0 Å². The number of hydrogen-bond donors (Lipinski definition) is 4. The summed E-state index contributed by atoms with van der Waals surface area (Å²) in [6.45, 7) is 1.41. The zero-order valence-electron chi connectivity index (χ0n) is 18.1. The minimum Gasteiger partial charge on any atom is -0.365 e. The largest absolute Gasteiger partial charge is 0.365 e. The molecular formula is C22H26F3N7O. The molecule has 0 bridgehead atoms. The Balaban J connectivity index is 1.70. The highest BCUT2D eigenvalue weighted by Crippen LogP contribution is 2.37. The van der Waals surface area contributed by atoms with Gasteiger partial charge in [-0.05, 0) is 43.4 Å². The van der Waals surface area contributed by atoms with E-state index in [4.69, 9.17) is 11.5 Å². The molecule has 6 N–H and O–H groups in total. The number of nitrogens with one attached hydrogen (secondary N) is 2. The Morgan fingerprint density at radius 1 is 1.30 bits per heavy atom. The van der Waals surface area contributed by atoms with Crippen molar-refractivity contribution >= 4 is 34.1 Å². The zero-order valence-corrected chi connectivity index (χ0v) is 18.1. The van der Waals surface area contributed by atoms with E-state index >= 15 is 0 Å². The summed E-state index contributed by atoms with van der Waals surface area (Å²) < 4.78 is 41.7. The molecule has 8 nitrogen and oxygen atoms in total. The van der Waals surface area contributed by atoms with Crippen molar-refractivity contribution in [2.75, 3.05) is 10.6 Å². The monoisotopic (exact) mass is 461 g/mol. The van der Waals surface area contributed by atoms with Gasteiger partial charge in [-0.2, -0.15) is 5.10 Å². The van der Waals surface area contributed by atoms with E-state index in [1.54, 1.807) is 18.2 Å². The average Bonchev–Trinajstić information content (AvgIpc) is 3.54. The van der Waals surface area contributed by atoms with E-state index in [0.29, 0.717) is 28.9 Å². The maximum absolute atomic E-state index is 14.8. The zero-order chi connectivity index (χ0) is 23.7. The number of rotatable bonds is 10. The molecule has 0 aliphatic heterocycles. The third kappa shape index (κ3) is 4.87. The quantitative estimate of drug-likeness (QED) is 0.366. The molecule has 0 radical (unpaired) electrons. The summed E-state index contributed by atoms with van der Waals surface area (Å²) in [7, 11) is 0. The number of nitrogens with zero attached hydrogens (tertiary/aromatic N) is 3. The van der Waals surface area contributed by atoms with Crippen LogP contribution in [0.1, 0.15) is 36.5 Å². The summed E-state index contributed by atoms with van der Waals surface area (Å²) in [5, 5.41) is 10.7. The lowest BCUT2D eigenvalue weighted by atomic mass is 10.0. The summed E-state index contributed by atoms with van der Waals surface area (Å²) in [6, 6.07) is 5.69. The van der Waals surface area contributed by atoms with Crippen LogP contribution in [0.2, 0.25) is 0 Å². The maximum Gasteiger partial charge on any atom is 0.257 e. The lowest BCUT2D eigenvalue weighted by Gasteiger charge is -2.25. The van der Waals surface area contributed by atoms with Gasteiger partial charge in [-0.3, -0.25) is 9.48 Å². The summed E-state index contributed by atoms with van der Waals surface area (Å²) in [6.07, 6.45) is 1.60. The average molecular weight is 461 g/mol. The molecule has 0 unspecified atom stereocenters. The van der Waals surface area contributed by atoms with E-state index in [-0.39, 0.29) is 29.3 Å². The summed E-state index contributed by atoms with van der Waals surface area (Å²) in [5.74, 6) is -1.24. The Bertz CT molecular complexity index is 1160. The van der Waals surface area contributed by atoms with E-state index in [2.05, 4.69) is 20.7 Å². The fourth-order valence-electron chi connectivity index (χ4n) is 3.93. The fourth-order valence-corrected chi connectivity index (χ4v) is 3.93. The molecule has 33 heavy (non-hydrogen) atoms. The van der Waals surface area contributed by atoms with Crippen LogP contribution >= 0.6 is 0 Å². The topological polar surface area (TPSA) is 124 Å². The van der Waals surface area contributed by atoms with Gasteiger partial charge in [-0.25, -0.2) is 18.2 Å². The number of hydrogen-bond acceptors (Lipinski definition) is 6. The molecule has 1 aromatic carbocycles. The van der Waals surface area contributed by atoms with Crippen molar-refractivity contribution < 1.29 is 18.0 Å². The van der Waals surface area contributed by atoms with Crippen LogP contribution in [-0.4, -0.2) is 39.2 Å². The molecule has 0 spiro atoms. The molecule has 1 amide bonds. The van der Waals surface area contributed by atoms with E-state index < -0.39 is 24.7 Å². The number of alkyl halides is 2. The SMILES string of the molecule is CC[C@H](N)[C@H](Nc1nc(Nc2cccc3c2cnn3CC(F)F)c(C(N)=O)cc1F)C1CC1. The molecule has 3 aromatic rings. The van der Waals surface area contributed by atoms with Crippen LogP contribution in [0, 0.1) is 11.7 Å². The lowest BCUT2D eigenvalue weighted by Crippen LogP contribution is -2.42. The second-order valence-electron chi connectivity index (χ2n) is 8.24. The van der Waals surface area contributed by atoms with Crippen molar-refractivity contribution in [1.29, 1.82) is 0 Å². The summed E-state index contributed by atoms with van der Waals surface area (Å²) in [4.78, 5) is 16.3. The number of carbonyl (C=O) groups excluding carboxylic acids is 1. The normalized spacial score (nSPS) is 15.6. The Morgan fingerprint density at radius 2 is 2.06 bits per heavy atom. The van der Waals surface area contributed by atoms with Gasteiger partial charge in [0, 0.05) is 17.5 Å². The standard InChI is InChI=1S/C22H26F3N7O/c1-2-15(26)19(11-6-7-11)30-22-14(23)8-12(20(27)33)21(31-22)29-16-4-3-5-17-13(16)9-28-32(17)10-18(24)25/h3-5,8-9,11,15,18-19H,2,6-7,10,26H2,1H3,(H2,27,33)(H2,29,30,31)/t15-,19+/m0/s1. The highest BCUT2D eigenvalue weighted by molar-refractivity contribution is 6.00. The van der Waals surface area contributed by atoms with Gasteiger partial charge in [0.25, 0.3) is 12.3 Å². The number of benzene rings is 1. The van der Waals surface area contributed by atoms with Crippen molar-refractivity contribution in [3.05, 3.63) is 41.8 Å². The number of anilines is 3. The van der Waals surface area contributed by atoms with Gasteiger partial charge >= 0.3 is 0 Å². The van der Waals surface area contributed by atoms with Crippen molar-refractivity contribution in [3.63, 3.8) is 0 Å². The van der Waals surface area contributed by atoms with Gasteiger partial charge < -0.3 is 22.1 Å². The predicted molar refractivity (Wildman–Crippen MR) is 120 cm³/mol. The van der Waals surface area contributed by atoms with Crippen molar-refractivity contribution in [2.45, 2.75) is 51.2 Å². The smallest absolute Gasteiger partial charge is 0.257 e. The lowest BCUT2D eigenvalue weighted by molar-refractivity contribution is 0.1000. The Kier molecular flexibility index (Phi) is 6.41. The Morgan fingerprint density at radius 3 is 2.70 bits per heavy atom. The molecule has 0 saturated heterocycles. The number of halogens is 3. The second-order valence-corrected chi connectivity index (χ2v) is 8.24. The molecule has 1 aliphatic carbocycles. The van der Waals surface area contributed by atoms with Gasteiger partial charge in [0.2, 0.25) is 0 Å². The minimum atomic E-state index is -2.56. The number of pyridine rings is 1. The van der Waals surface area contributed by atoms with E-state index in [1.807, 2.05) is 6.92 Å². The first-order chi connectivity index (χ1) is 15.8. The minimum absolute atomic E-state index is 0.0381. The second kappa shape index (κ2) is 9.26. The summed E-state index contributed by atoms with van der Waals surface area (Å²) >= 11 is 0. The molecule has 1 aliphatic rings. The fraction of sp³-hybridized carbons (Fsp3) is 0.409. The van der Waals surface area contributed by atoms with Gasteiger partial charge in [-0.15, -0.1) is 0 Å². The molecule has 2 heterocycles. The third-order valence-electron chi connectivity index (χ3n) is 5.86. The molecular weight excluding hydrogens is 435 g/mol. The van der Waals surface area contributed by atoms with E-state index in [1.165, 1.54) is 10.9 Å². The first-order valence-corrected chi connectivity index (χ1v) is 10.8. The number of fused-ring (bicyclic) bond motifs is 1. The maximum atomic E-state index is 14.8. The van der Waals surface area contributed by atoms with Crippen LogP contribution in [0.5, 0.6) is 0 Å². The predicted octanol–water partition coefficient (Wildman–Crippen LogP) is 3.61. The van der Waals surface area contributed by atoms with Crippen LogP contribution in [0.25, 0.3) is 10.9 Å². The summed E-state index contributed by atoms with van der Waals surface area (Å²) in [5.41, 5.74) is 12.5. The number of primary amides is 1.